The third-order valence-electron chi connectivity index (χ3n) is 3.71. The van der Waals surface area contributed by atoms with E-state index in [-0.39, 0.29) is 11.4 Å². The van der Waals surface area contributed by atoms with E-state index in [1.165, 1.54) is 12.8 Å². The van der Waals surface area contributed by atoms with Crippen LogP contribution >= 0.6 is 0 Å². The van der Waals surface area contributed by atoms with Crippen LogP contribution < -0.4 is 5.32 Å². The lowest BCUT2D eigenvalue weighted by Crippen LogP contribution is -2.35. The second-order valence-electron chi connectivity index (χ2n) is 6.75. The third kappa shape index (κ3) is 4.88. The SMILES string of the molecule is CC(C)(C)NCc1ccc(F)c(COC2CCCC2)c1. The van der Waals surface area contributed by atoms with Gasteiger partial charge in [0.25, 0.3) is 0 Å². The van der Waals surface area contributed by atoms with Gasteiger partial charge in [0.1, 0.15) is 5.82 Å². The molecule has 0 heterocycles. The van der Waals surface area contributed by atoms with Crippen LogP contribution in [-0.2, 0) is 17.9 Å². The summed E-state index contributed by atoms with van der Waals surface area (Å²) in [6.45, 7) is 7.52. The van der Waals surface area contributed by atoms with Gasteiger partial charge in [-0.15, -0.1) is 0 Å². The van der Waals surface area contributed by atoms with Crippen LogP contribution in [0.1, 0.15) is 57.6 Å². The van der Waals surface area contributed by atoms with Gasteiger partial charge in [-0.3, -0.25) is 0 Å². The highest BCUT2D eigenvalue weighted by molar-refractivity contribution is 5.24. The molecule has 20 heavy (non-hydrogen) atoms. The monoisotopic (exact) mass is 279 g/mol. The van der Waals surface area contributed by atoms with Gasteiger partial charge in [0, 0.05) is 17.6 Å². The topological polar surface area (TPSA) is 21.3 Å². The van der Waals surface area contributed by atoms with Crippen LogP contribution in [0.25, 0.3) is 0 Å². The van der Waals surface area contributed by atoms with Crippen LogP contribution in [0, 0.1) is 5.82 Å². The maximum atomic E-state index is 13.8. The van der Waals surface area contributed by atoms with E-state index in [0.717, 1.165) is 24.9 Å². The van der Waals surface area contributed by atoms with Gasteiger partial charge in [-0.25, -0.2) is 4.39 Å². The van der Waals surface area contributed by atoms with E-state index >= 15 is 0 Å². The summed E-state index contributed by atoms with van der Waals surface area (Å²) < 4.78 is 19.6. The number of rotatable bonds is 5. The molecule has 0 bridgehead atoms. The first-order chi connectivity index (χ1) is 9.44. The van der Waals surface area contributed by atoms with Gasteiger partial charge >= 0.3 is 0 Å². The van der Waals surface area contributed by atoms with Gasteiger partial charge < -0.3 is 10.1 Å². The lowest BCUT2D eigenvalue weighted by Gasteiger charge is -2.21. The summed E-state index contributed by atoms with van der Waals surface area (Å²) in [5.41, 5.74) is 1.84. The van der Waals surface area contributed by atoms with Crippen LogP contribution in [0.2, 0.25) is 0 Å². The van der Waals surface area contributed by atoms with E-state index in [4.69, 9.17) is 4.74 Å². The Morgan fingerprint density at radius 1 is 1.25 bits per heavy atom. The number of hydrogen-bond donors (Lipinski definition) is 1. The van der Waals surface area contributed by atoms with Gasteiger partial charge in [0.15, 0.2) is 0 Å². The fraction of sp³-hybridized carbons (Fsp3) is 0.647. The number of ether oxygens (including phenoxy) is 1. The van der Waals surface area contributed by atoms with Gasteiger partial charge in [0.05, 0.1) is 12.7 Å². The highest BCUT2D eigenvalue weighted by Crippen LogP contribution is 2.23. The number of halogens is 1. The second kappa shape index (κ2) is 6.68. The Kier molecular flexibility index (Phi) is 5.17. The Morgan fingerprint density at radius 3 is 2.60 bits per heavy atom. The largest absolute Gasteiger partial charge is 0.373 e. The normalized spacial score (nSPS) is 16.8. The number of benzene rings is 1. The minimum Gasteiger partial charge on any atom is -0.373 e. The predicted molar refractivity (Wildman–Crippen MR) is 80.0 cm³/mol. The summed E-state index contributed by atoms with van der Waals surface area (Å²) in [4.78, 5) is 0. The summed E-state index contributed by atoms with van der Waals surface area (Å²) >= 11 is 0. The molecule has 112 valence electrons. The fourth-order valence-corrected chi connectivity index (χ4v) is 2.48. The highest BCUT2D eigenvalue weighted by atomic mass is 19.1. The summed E-state index contributed by atoms with van der Waals surface area (Å²) in [5.74, 6) is -0.164. The quantitative estimate of drug-likeness (QED) is 0.873. The van der Waals surface area contributed by atoms with Crippen LogP contribution in [-0.4, -0.2) is 11.6 Å². The first-order valence-corrected chi connectivity index (χ1v) is 7.58. The van der Waals surface area contributed by atoms with Crippen molar-refractivity contribution in [1.29, 1.82) is 0 Å². The average molecular weight is 279 g/mol. The Labute approximate surface area is 121 Å². The van der Waals surface area contributed by atoms with E-state index in [2.05, 4.69) is 26.1 Å². The predicted octanol–water partition coefficient (Wildman–Crippen LogP) is 4.17. The number of nitrogens with one attached hydrogen (secondary N) is 1. The molecular weight excluding hydrogens is 253 g/mol. The van der Waals surface area contributed by atoms with Crippen LogP contribution in [0.15, 0.2) is 18.2 Å². The molecule has 1 aliphatic carbocycles. The van der Waals surface area contributed by atoms with E-state index in [0.29, 0.717) is 18.3 Å². The maximum Gasteiger partial charge on any atom is 0.128 e. The van der Waals surface area contributed by atoms with Crippen molar-refractivity contribution in [2.75, 3.05) is 0 Å². The first kappa shape index (κ1) is 15.5. The minimum absolute atomic E-state index is 0.0644. The zero-order chi connectivity index (χ0) is 14.6. The molecule has 0 atom stereocenters. The molecule has 1 fully saturated rings. The van der Waals surface area contributed by atoms with Crippen molar-refractivity contribution in [1.82, 2.24) is 5.32 Å². The molecule has 1 N–H and O–H groups in total. The van der Waals surface area contributed by atoms with Crippen molar-refractivity contribution < 1.29 is 9.13 Å². The summed E-state index contributed by atoms with van der Waals surface area (Å²) in [7, 11) is 0. The van der Waals surface area contributed by atoms with Crippen LogP contribution in [0.3, 0.4) is 0 Å². The molecule has 1 aromatic rings. The van der Waals surface area contributed by atoms with Gasteiger partial charge in [0.2, 0.25) is 0 Å². The molecule has 1 aromatic carbocycles. The summed E-state index contributed by atoms with van der Waals surface area (Å²) in [6, 6.07) is 5.31. The average Bonchev–Trinajstić information content (AvgIpc) is 2.88. The molecular formula is C17H26FNO. The fourth-order valence-electron chi connectivity index (χ4n) is 2.48. The van der Waals surface area contributed by atoms with E-state index in [1.54, 1.807) is 6.07 Å². The molecule has 3 heteroatoms. The van der Waals surface area contributed by atoms with Gasteiger partial charge in [-0.1, -0.05) is 18.9 Å². The Bertz CT molecular complexity index is 433. The van der Waals surface area contributed by atoms with E-state index < -0.39 is 0 Å². The summed E-state index contributed by atoms with van der Waals surface area (Å²) in [6.07, 6.45) is 5.04. The molecule has 0 radical (unpaired) electrons. The smallest absolute Gasteiger partial charge is 0.128 e. The molecule has 2 rings (SSSR count). The molecule has 0 amide bonds. The minimum atomic E-state index is -0.164. The van der Waals surface area contributed by atoms with Crippen molar-refractivity contribution in [3.63, 3.8) is 0 Å². The molecule has 0 saturated heterocycles. The van der Waals surface area contributed by atoms with E-state index in [1.807, 2.05) is 12.1 Å². The third-order valence-corrected chi connectivity index (χ3v) is 3.71. The molecule has 2 nitrogen and oxygen atoms in total. The van der Waals surface area contributed by atoms with E-state index in [9.17, 15) is 4.39 Å². The Morgan fingerprint density at radius 2 is 1.95 bits per heavy atom. The standard InChI is InChI=1S/C17H26FNO/c1-17(2,3)19-11-13-8-9-16(18)14(10-13)12-20-15-6-4-5-7-15/h8-10,15,19H,4-7,11-12H2,1-3H3. The van der Waals surface area contributed by atoms with Gasteiger partial charge in [-0.05, 0) is 51.3 Å². The lowest BCUT2D eigenvalue weighted by molar-refractivity contribution is 0.0441. The maximum absolute atomic E-state index is 13.8. The first-order valence-electron chi connectivity index (χ1n) is 7.58. The Hall–Kier alpha value is -0.930. The van der Waals surface area contributed by atoms with Crippen LogP contribution in [0.5, 0.6) is 0 Å². The second-order valence-corrected chi connectivity index (χ2v) is 6.75. The molecule has 0 aromatic heterocycles. The van der Waals surface area contributed by atoms with Gasteiger partial charge in [-0.2, -0.15) is 0 Å². The lowest BCUT2D eigenvalue weighted by atomic mass is 10.1. The zero-order valence-corrected chi connectivity index (χ0v) is 12.8. The number of hydrogen-bond acceptors (Lipinski definition) is 2. The molecule has 1 aliphatic rings. The van der Waals surface area contributed by atoms with Crippen molar-refractivity contribution >= 4 is 0 Å². The zero-order valence-electron chi connectivity index (χ0n) is 12.8. The molecule has 0 unspecified atom stereocenters. The van der Waals surface area contributed by atoms with Crippen LogP contribution in [0.4, 0.5) is 4.39 Å². The van der Waals surface area contributed by atoms with Crippen molar-refractivity contribution in [2.24, 2.45) is 0 Å². The van der Waals surface area contributed by atoms with Crippen molar-refractivity contribution in [2.45, 2.75) is 71.2 Å². The Balaban J connectivity index is 1.93. The molecule has 1 saturated carbocycles. The molecule has 0 spiro atoms. The molecule has 0 aliphatic heterocycles. The highest BCUT2D eigenvalue weighted by Gasteiger charge is 2.16. The van der Waals surface area contributed by atoms with Crippen molar-refractivity contribution in [3.8, 4) is 0 Å². The van der Waals surface area contributed by atoms with Crippen molar-refractivity contribution in [3.05, 3.63) is 35.1 Å². The summed E-state index contributed by atoms with van der Waals surface area (Å²) in [5, 5.41) is 3.42.